The lowest BCUT2D eigenvalue weighted by molar-refractivity contribution is -0.123. The standard InChI is InChI=1S/C8H11O5P/c1-6-4-3-5-8(7(6)2)12-13-14(9,10)11/h3-5H,1-2H3,(H2,9,10,11). The Hall–Kier alpha value is -0.870. The second-order valence-electron chi connectivity index (χ2n) is 2.85. The van der Waals surface area contributed by atoms with Crippen LogP contribution in [0.3, 0.4) is 0 Å². The van der Waals surface area contributed by atoms with Gasteiger partial charge in [0.1, 0.15) is 0 Å². The molecule has 0 aliphatic carbocycles. The van der Waals surface area contributed by atoms with E-state index in [4.69, 9.17) is 9.79 Å². The lowest BCUT2D eigenvalue weighted by Crippen LogP contribution is -1.97. The van der Waals surface area contributed by atoms with E-state index in [1.165, 1.54) is 0 Å². The fraction of sp³-hybridized carbons (Fsp3) is 0.250. The summed E-state index contributed by atoms with van der Waals surface area (Å²) >= 11 is 0. The van der Waals surface area contributed by atoms with Crippen molar-refractivity contribution in [3.05, 3.63) is 29.3 Å². The van der Waals surface area contributed by atoms with E-state index in [0.717, 1.165) is 11.1 Å². The number of phosphoric acid groups is 1. The Bertz CT molecular complexity index is 370. The molecule has 0 saturated carbocycles. The van der Waals surface area contributed by atoms with E-state index in [1.54, 1.807) is 19.1 Å². The van der Waals surface area contributed by atoms with Gasteiger partial charge in [0, 0.05) is 0 Å². The molecular weight excluding hydrogens is 207 g/mol. The number of hydrogen-bond acceptors (Lipinski definition) is 3. The molecule has 1 aromatic rings. The van der Waals surface area contributed by atoms with Gasteiger partial charge in [-0.15, -0.1) is 0 Å². The van der Waals surface area contributed by atoms with Crippen LogP contribution in [0.2, 0.25) is 0 Å². The van der Waals surface area contributed by atoms with Gasteiger partial charge < -0.3 is 14.7 Å². The lowest BCUT2D eigenvalue weighted by Gasteiger charge is -2.08. The summed E-state index contributed by atoms with van der Waals surface area (Å²) in [6.45, 7) is 3.63. The highest BCUT2D eigenvalue weighted by Crippen LogP contribution is 2.37. The van der Waals surface area contributed by atoms with Crippen LogP contribution in [0.25, 0.3) is 0 Å². The average Bonchev–Trinajstić information content (AvgIpc) is 2.06. The molecule has 6 heteroatoms. The Morgan fingerprint density at radius 2 is 1.93 bits per heavy atom. The lowest BCUT2D eigenvalue weighted by atomic mass is 10.1. The monoisotopic (exact) mass is 218 g/mol. The second-order valence-corrected chi connectivity index (χ2v) is 3.98. The Morgan fingerprint density at radius 3 is 2.50 bits per heavy atom. The largest absolute Gasteiger partial charge is 0.505 e. The quantitative estimate of drug-likeness (QED) is 0.458. The maximum Gasteiger partial charge on any atom is 0.505 e. The van der Waals surface area contributed by atoms with Gasteiger partial charge in [0.2, 0.25) is 0 Å². The van der Waals surface area contributed by atoms with Crippen LogP contribution in [0.5, 0.6) is 5.75 Å². The van der Waals surface area contributed by atoms with E-state index in [0.29, 0.717) is 5.75 Å². The van der Waals surface area contributed by atoms with Gasteiger partial charge in [-0.1, -0.05) is 16.8 Å². The number of rotatable bonds is 3. The summed E-state index contributed by atoms with van der Waals surface area (Å²) in [4.78, 5) is 21.3. The third-order valence-electron chi connectivity index (χ3n) is 1.78. The number of hydrogen-bond donors (Lipinski definition) is 2. The molecule has 0 radical (unpaired) electrons. The molecule has 78 valence electrons. The minimum Gasteiger partial charge on any atom is -0.327 e. The van der Waals surface area contributed by atoms with Crippen LogP contribution in [0, 0.1) is 13.8 Å². The van der Waals surface area contributed by atoms with Crippen molar-refractivity contribution in [2.24, 2.45) is 0 Å². The minimum atomic E-state index is -4.59. The van der Waals surface area contributed by atoms with E-state index < -0.39 is 7.82 Å². The van der Waals surface area contributed by atoms with E-state index in [9.17, 15) is 4.57 Å². The predicted octanol–water partition coefficient (Wildman–Crippen LogP) is 1.71. The average molecular weight is 218 g/mol. The minimum absolute atomic E-state index is 0.299. The van der Waals surface area contributed by atoms with Gasteiger partial charge in [-0.3, -0.25) is 0 Å². The highest BCUT2D eigenvalue weighted by Gasteiger charge is 2.17. The van der Waals surface area contributed by atoms with Crippen LogP contribution in [-0.4, -0.2) is 9.79 Å². The fourth-order valence-electron chi connectivity index (χ4n) is 0.903. The summed E-state index contributed by atoms with van der Waals surface area (Å²) < 4.78 is 14.3. The molecule has 0 saturated heterocycles. The molecule has 0 unspecified atom stereocenters. The zero-order valence-electron chi connectivity index (χ0n) is 7.80. The molecule has 14 heavy (non-hydrogen) atoms. The van der Waals surface area contributed by atoms with E-state index in [2.05, 4.69) is 9.56 Å². The van der Waals surface area contributed by atoms with Crippen molar-refractivity contribution in [2.75, 3.05) is 0 Å². The van der Waals surface area contributed by atoms with Crippen LogP contribution < -0.4 is 4.89 Å². The molecule has 0 amide bonds. The molecule has 0 atom stereocenters. The Labute approximate surface area is 81.5 Å². The highest BCUT2D eigenvalue weighted by molar-refractivity contribution is 7.46. The first-order valence-electron chi connectivity index (χ1n) is 3.88. The molecule has 5 nitrogen and oxygen atoms in total. The summed E-state index contributed by atoms with van der Waals surface area (Å²) in [6.07, 6.45) is 0. The molecule has 1 aromatic carbocycles. The maximum atomic E-state index is 10.3. The zero-order chi connectivity index (χ0) is 10.8. The first kappa shape index (κ1) is 11.2. The van der Waals surface area contributed by atoms with Gasteiger partial charge in [0.15, 0.2) is 5.75 Å². The molecule has 1 rings (SSSR count). The third kappa shape index (κ3) is 3.12. The Kier molecular flexibility index (Phi) is 3.29. The van der Waals surface area contributed by atoms with E-state index in [-0.39, 0.29) is 0 Å². The molecule has 0 bridgehead atoms. The van der Waals surface area contributed by atoms with Gasteiger partial charge in [-0.2, -0.15) is 0 Å². The van der Waals surface area contributed by atoms with Gasteiger partial charge in [-0.25, -0.2) is 4.57 Å². The van der Waals surface area contributed by atoms with Crippen LogP contribution >= 0.6 is 7.82 Å². The number of aryl methyl sites for hydroxylation is 1. The maximum absolute atomic E-state index is 10.3. The first-order valence-corrected chi connectivity index (χ1v) is 5.41. The van der Waals surface area contributed by atoms with Crippen molar-refractivity contribution in [3.63, 3.8) is 0 Å². The molecule has 2 N–H and O–H groups in total. The smallest absolute Gasteiger partial charge is 0.327 e. The Balaban J connectivity index is 2.78. The van der Waals surface area contributed by atoms with Crippen molar-refractivity contribution >= 4 is 7.82 Å². The van der Waals surface area contributed by atoms with Gasteiger partial charge >= 0.3 is 7.82 Å². The van der Waals surface area contributed by atoms with Crippen molar-refractivity contribution in [3.8, 4) is 5.75 Å². The summed E-state index contributed by atoms with van der Waals surface area (Å²) in [7, 11) is -4.59. The van der Waals surface area contributed by atoms with E-state index in [1.807, 2.05) is 13.0 Å². The molecule has 0 aromatic heterocycles. The first-order chi connectivity index (χ1) is 6.40. The van der Waals surface area contributed by atoms with Gasteiger partial charge in [0.05, 0.1) is 0 Å². The molecule has 0 aliphatic heterocycles. The predicted molar refractivity (Wildman–Crippen MR) is 49.7 cm³/mol. The molecule has 0 fully saturated rings. The molecule has 0 heterocycles. The summed E-state index contributed by atoms with van der Waals surface area (Å²) in [6, 6.07) is 5.14. The van der Waals surface area contributed by atoms with Crippen molar-refractivity contribution in [1.82, 2.24) is 0 Å². The van der Waals surface area contributed by atoms with Crippen LogP contribution in [0.1, 0.15) is 11.1 Å². The normalized spacial score (nSPS) is 11.4. The summed E-state index contributed by atoms with van der Waals surface area (Å²) in [5.74, 6) is 0.299. The Morgan fingerprint density at radius 1 is 1.29 bits per heavy atom. The van der Waals surface area contributed by atoms with Crippen molar-refractivity contribution in [2.45, 2.75) is 13.8 Å². The fourth-order valence-corrected chi connectivity index (χ4v) is 1.08. The zero-order valence-corrected chi connectivity index (χ0v) is 8.69. The summed E-state index contributed by atoms with van der Waals surface area (Å²) in [5.41, 5.74) is 1.73. The second kappa shape index (κ2) is 4.11. The molecule has 0 aliphatic rings. The molecular formula is C8H11O5P. The SMILES string of the molecule is Cc1cccc(OOP(=O)(O)O)c1C. The highest BCUT2D eigenvalue weighted by atomic mass is 31.2. The van der Waals surface area contributed by atoms with Gasteiger partial charge in [-0.05, 0) is 31.0 Å². The van der Waals surface area contributed by atoms with Crippen molar-refractivity contribution < 1.29 is 23.9 Å². The van der Waals surface area contributed by atoms with Gasteiger partial charge in [0.25, 0.3) is 0 Å². The number of benzene rings is 1. The summed E-state index contributed by atoms with van der Waals surface area (Å²) in [5, 5.41) is 0. The molecule has 0 spiro atoms. The van der Waals surface area contributed by atoms with Crippen molar-refractivity contribution in [1.29, 1.82) is 0 Å². The van der Waals surface area contributed by atoms with E-state index >= 15 is 0 Å². The van der Waals surface area contributed by atoms with Crippen LogP contribution in [0.4, 0.5) is 0 Å². The van der Waals surface area contributed by atoms with Crippen LogP contribution in [0.15, 0.2) is 18.2 Å². The van der Waals surface area contributed by atoms with Crippen LogP contribution in [-0.2, 0) is 9.24 Å². The topological polar surface area (TPSA) is 76.0 Å². The third-order valence-corrected chi connectivity index (χ3v) is 2.05.